The highest BCUT2D eigenvalue weighted by molar-refractivity contribution is 7.98. The van der Waals surface area contributed by atoms with Crippen LogP contribution in [-0.4, -0.2) is 32.5 Å². The van der Waals surface area contributed by atoms with Gasteiger partial charge in [0.15, 0.2) is 0 Å². The van der Waals surface area contributed by atoms with E-state index in [9.17, 15) is 0 Å². The molecule has 0 aliphatic heterocycles. The van der Waals surface area contributed by atoms with Crippen LogP contribution >= 0.6 is 11.8 Å². The SMILES string of the molecule is COCCN=C(NN)Nc1cccc(SC)c1. The van der Waals surface area contributed by atoms with Crippen LogP contribution in [0.5, 0.6) is 0 Å². The molecule has 0 radical (unpaired) electrons. The lowest BCUT2D eigenvalue weighted by molar-refractivity contribution is 0.208. The molecule has 94 valence electrons. The molecule has 1 aromatic rings. The first-order chi connectivity index (χ1) is 8.30. The molecule has 1 rings (SSSR count). The average Bonchev–Trinajstić information content (AvgIpc) is 2.38. The van der Waals surface area contributed by atoms with Crippen molar-refractivity contribution in [1.29, 1.82) is 0 Å². The van der Waals surface area contributed by atoms with Crippen LogP contribution in [0.25, 0.3) is 0 Å². The molecule has 5 nitrogen and oxygen atoms in total. The first kappa shape index (κ1) is 13.8. The molecule has 0 aliphatic carbocycles. The van der Waals surface area contributed by atoms with Crippen molar-refractivity contribution in [2.75, 3.05) is 31.8 Å². The van der Waals surface area contributed by atoms with Gasteiger partial charge in [0.2, 0.25) is 5.96 Å². The van der Waals surface area contributed by atoms with Gasteiger partial charge < -0.3 is 10.1 Å². The molecule has 0 amide bonds. The van der Waals surface area contributed by atoms with E-state index in [1.54, 1.807) is 18.9 Å². The zero-order chi connectivity index (χ0) is 12.5. The first-order valence-corrected chi connectivity index (χ1v) is 6.43. The van der Waals surface area contributed by atoms with E-state index in [1.807, 2.05) is 30.5 Å². The molecular formula is C11H18N4OS. The van der Waals surface area contributed by atoms with Gasteiger partial charge in [-0.3, -0.25) is 5.43 Å². The van der Waals surface area contributed by atoms with Crippen molar-refractivity contribution in [2.24, 2.45) is 10.8 Å². The molecule has 0 spiro atoms. The number of rotatable bonds is 5. The largest absolute Gasteiger partial charge is 0.383 e. The highest BCUT2D eigenvalue weighted by Gasteiger charge is 1.98. The number of thioether (sulfide) groups is 1. The Labute approximate surface area is 106 Å². The maximum atomic E-state index is 5.38. The van der Waals surface area contributed by atoms with Gasteiger partial charge in [0.05, 0.1) is 13.2 Å². The number of hydrogen-bond acceptors (Lipinski definition) is 4. The molecule has 1 aromatic carbocycles. The zero-order valence-corrected chi connectivity index (χ0v) is 10.9. The fraction of sp³-hybridized carbons (Fsp3) is 0.364. The Morgan fingerprint density at radius 3 is 3.00 bits per heavy atom. The molecule has 0 unspecified atom stereocenters. The fourth-order valence-corrected chi connectivity index (χ4v) is 1.67. The second kappa shape index (κ2) is 7.94. The van der Waals surface area contributed by atoms with Crippen molar-refractivity contribution in [3.8, 4) is 0 Å². The van der Waals surface area contributed by atoms with Gasteiger partial charge in [0.1, 0.15) is 0 Å². The Balaban J connectivity index is 2.63. The molecule has 17 heavy (non-hydrogen) atoms. The number of methoxy groups -OCH3 is 1. The van der Waals surface area contributed by atoms with Gasteiger partial charge in [-0.15, -0.1) is 11.8 Å². The summed E-state index contributed by atoms with van der Waals surface area (Å²) >= 11 is 1.69. The Kier molecular flexibility index (Phi) is 6.46. The molecule has 0 aromatic heterocycles. The minimum Gasteiger partial charge on any atom is -0.383 e. The third-order valence-electron chi connectivity index (χ3n) is 2.03. The monoisotopic (exact) mass is 254 g/mol. The molecule has 0 bridgehead atoms. The second-order valence-corrected chi connectivity index (χ2v) is 4.10. The van der Waals surface area contributed by atoms with Gasteiger partial charge in [0.25, 0.3) is 0 Å². The summed E-state index contributed by atoms with van der Waals surface area (Å²) in [4.78, 5) is 5.40. The number of nitrogens with two attached hydrogens (primary N) is 1. The van der Waals surface area contributed by atoms with Crippen LogP contribution in [0, 0.1) is 0 Å². The summed E-state index contributed by atoms with van der Waals surface area (Å²) < 4.78 is 4.92. The minimum absolute atomic E-state index is 0.528. The Hall–Kier alpha value is -1.24. The Morgan fingerprint density at radius 2 is 2.35 bits per heavy atom. The maximum Gasteiger partial charge on any atom is 0.210 e. The summed E-state index contributed by atoms with van der Waals surface area (Å²) in [5, 5.41) is 3.11. The topological polar surface area (TPSA) is 71.7 Å². The summed E-state index contributed by atoms with van der Waals surface area (Å²) in [7, 11) is 1.64. The number of guanidine groups is 1. The van der Waals surface area contributed by atoms with E-state index in [2.05, 4.69) is 15.7 Å². The van der Waals surface area contributed by atoms with Gasteiger partial charge in [-0.2, -0.15) is 0 Å². The number of hydrazine groups is 1. The standard InChI is InChI=1S/C11H18N4OS/c1-16-7-6-13-11(15-12)14-9-4-3-5-10(8-9)17-2/h3-5,8H,6-7,12H2,1-2H3,(H2,13,14,15). The normalized spacial score (nSPS) is 11.4. The van der Waals surface area contributed by atoms with E-state index < -0.39 is 0 Å². The van der Waals surface area contributed by atoms with E-state index >= 15 is 0 Å². The van der Waals surface area contributed by atoms with Gasteiger partial charge in [-0.1, -0.05) is 6.07 Å². The fourth-order valence-electron chi connectivity index (χ4n) is 1.21. The van der Waals surface area contributed by atoms with Crippen molar-refractivity contribution < 1.29 is 4.74 Å². The van der Waals surface area contributed by atoms with Crippen molar-refractivity contribution in [2.45, 2.75) is 4.90 Å². The van der Waals surface area contributed by atoms with E-state index in [4.69, 9.17) is 10.6 Å². The molecular weight excluding hydrogens is 236 g/mol. The van der Waals surface area contributed by atoms with Gasteiger partial charge in [0, 0.05) is 17.7 Å². The summed E-state index contributed by atoms with van der Waals surface area (Å²) in [5.41, 5.74) is 3.47. The third kappa shape index (κ3) is 5.08. The first-order valence-electron chi connectivity index (χ1n) is 5.21. The molecule has 0 saturated heterocycles. The van der Waals surface area contributed by atoms with Crippen LogP contribution in [0.3, 0.4) is 0 Å². The van der Waals surface area contributed by atoms with E-state index in [-0.39, 0.29) is 0 Å². The van der Waals surface area contributed by atoms with Gasteiger partial charge in [-0.25, -0.2) is 10.8 Å². The predicted octanol–water partition coefficient (Wildman–Crippen LogP) is 1.29. The van der Waals surface area contributed by atoms with Gasteiger partial charge >= 0.3 is 0 Å². The summed E-state index contributed by atoms with van der Waals surface area (Å²) in [6.07, 6.45) is 2.04. The number of benzene rings is 1. The maximum absolute atomic E-state index is 5.38. The number of nitrogens with zero attached hydrogens (tertiary/aromatic N) is 1. The van der Waals surface area contributed by atoms with Crippen molar-refractivity contribution in [1.82, 2.24) is 5.43 Å². The number of anilines is 1. The van der Waals surface area contributed by atoms with E-state index in [0.717, 1.165) is 5.69 Å². The van der Waals surface area contributed by atoms with Crippen LogP contribution in [0.15, 0.2) is 34.2 Å². The van der Waals surface area contributed by atoms with Crippen LogP contribution in [0.4, 0.5) is 5.69 Å². The molecule has 6 heteroatoms. The van der Waals surface area contributed by atoms with Crippen LogP contribution < -0.4 is 16.6 Å². The summed E-state index contributed by atoms with van der Waals surface area (Å²) in [6.45, 7) is 1.13. The lowest BCUT2D eigenvalue weighted by atomic mass is 10.3. The minimum atomic E-state index is 0.528. The van der Waals surface area contributed by atoms with Crippen LogP contribution in [0.1, 0.15) is 0 Å². The van der Waals surface area contributed by atoms with Crippen molar-refractivity contribution in [3.63, 3.8) is 0 Å². The molecule has 0 aliphatic rings. The molecule has 0 fully saturated rings. The average molecular weight is 254 g/mol. The Bertz CT molecular complexity index is 370. The third-order valence-corrected chi connectivity index (χ3v) is 2.76. The van der Waals surface area contributed by atoms with E-state index in [0.29, 0.717) is 19.1 Å². The smallest absolute Gasteiger partial charge is 0.210 e. The van der Waals surface area contributed by atoms with E-state index in [1.165, 1.54) is 4.90 Å². The number of hydrogen-bond donors (Lipinski definition) is 3. The summed E-state index contributed by atoms with van der Waals surface area (Å²) in [5.74, 6) is 5.91. The molecule has 4 N–H and O–H groups in total. The predicted molar refractivity (Wildman–Crippen MR) is 73.3 cm³/mol. The second-order valence-electron chi connectivity index (χ2n) is 3.22. The quantitative estimate of drug-likeness (QED) is 0.184. The lowest BCUT2D eigenvalue weighted by Crippen LogP contribution is -2.36. The summed E-state index contributed by atoms with van der Waals surface area (Å²) in [6, 6.07) is 8.03. The number of nitrogens with one attached hydrogen (secondary N) is 2. The number of aliphatic imine (C=N–C) groups is 1. The lowest BCUT2D eigenvalue weighted by Gasteiger charge is -2.09. The highest BCUT2D eigenvalue weighted by atomic mass is 32.2. The van der Waals surface area contributed by atoms with Crippen molar-refractivity contribution in [3.05, 3.63) is 24.3 Å². The van der Waals surface area contributed by atoms with Crippen LogP contribution in [-0.2, 0) is 4.74 Å². The number of ether oxygens (including phenoxy) is 1. The Morgan fingerprint density at radius 1 is 1.53 bits per heavy atom. The van der Waals surface area contributed by atoms with Crippen LogP contribution in [0.2, 0.25) is 0 Å². The van der Waals surface area contributed by atoms with Gasteiger partial charge in [-0.05, 0) is 24.5 Å². The van der Waals surface area contributed by atoms with Crippen molar-refractivity contribution >= 4 is 23.4 Å². The highest BCUT2D eigenvalue weighted by Crippen LogP contribution is 2.18. The molecule has 0 saturated carbocycles. The molecule has 0 atom stereocenters. The zero-order valence-electron chi connectivity index (χ0n) is 10.1. The molecule has 0 heterocycles.